The average Bonchev–Trinajstić information content (AvgIpc) is 2.19. The molecule has 0 rings (SSSR count). The van der Waals surface area contributed by atoms with Gasteiger partial charge in [0, 0.05) is 0 Å². The molecule has 0 heteroatoms. The van der Waals surface area contributed by atoms with E-state index in [0.29, 0.717) is 5.92 Å². The molecule has 0 radical (unpaired) electrons. The van der Waals surface area contributed by atoms with Gasteiger partial charge >= 0.3 is 0 Å². The van der Waals surface area contributed by atoms with Gasteiger partial charge in [-0.05, 0) is 31.1 Å². The fraction of sp³-hybridized carbons (Fsp3) is 0.600. The lowest BCUT2D eigenvalue weighted by Crippen LogP contribution is -2.19. The van der Waals surface area contributed by atoms with Crippen LogP contribution in [0.1, 0.15) is 40.5 Å². The fourth-order valence-corrected chi connectivity index (χ4v) is 2.18. The molecular formula is C15H26. The van der Waals surface area contributed by atoms with Crippen LogP contribution in [-0.4, -0.2) is 0 Å². The van der Waals surface area contributed by atoms with E-state index in [1.165, 1.54) is 12.0 Å². The molecule has 0 aliphatic rings. The van der Waals surface area contributed by atoms with Gasteiger partial charge in [-0.2, -0.15) is 0 Å². The van der Waals surface area contributed by atoms with Crippen LogP contribution in [0.15, 0.2) is 37.0 Å². The predicted octanol–water partition coefficient (Wildman–Crippen LogP) is 4.99. The highest BCUT2D eigenvalue weighted by Gasteiger charge is 2.21. The molecule has 15 heavy (non-hydrogen) atoms. The molecule has 0 spiro atoms. The zero-order valence-electron chi connectivity index (χ0n) is 10.8. The van der Waals surface area contributed by atoms with Crippen molar-refractivity contribution in [2.75, 3.05) is 0 Å². The molecule has 0 nitrogen and oxygen atoms in total. The summed E-state index contributed by atoms with van der Waals surface area (Å²) in [5, 5.41) is 0. The van der Waals surface area contributed by atoms with Crippen LogP contribution in [0.3, 0.4) is 0 Å². The molecule has 0 fully saturated rings. The molecule has 2 unspecified atom stereocenters. The summed E-state index contributed by atoms with van der Waals surface area (Å²) in [6.07, 6.45) is 8.47. The molecule has 86 valence electrons. The van der Waals surface area contributed by atoms with Gasteiger partial charge in [0.1, 0.15) is 0 Å². The molecule has 0 aliphatic heterocycles. The summed E-state index contributed by atoms with van der Waals surface area (Å²) in [5.41, 5.74) is 1.31. The summed E-state index contributed by atoms with van der Waals surface area (Å²) in [6.45, 7) is 16.8. The van der Waals surface area contributed by atoms with Crippen molar-refractivity contribution >= 4 is 0 Å². The van der Waals surface area contributed by atoms with Gasteiger partial charge in [-0.1, -0.05) is 64.2 Å². The first-order valence-electron chi connectivity index (χ1n) is 5.97. The van der Waals surface area contributed by atoms with Crippen LogP contribution in [0, 0.1) is 17.8 Å². The summed E-state index contributed by atoms with van der Waals surface area (Å²) in [6, 6.07) is 0. The minimum atomic E-state index is 0.627. The normalized spacial score (nSPS) is 17.3. The summed E-state index contributed by atoms with van der Waals surface area (Å²) >= 11 is 0. The second kappa shape index (κ2) is 7.50. The monoisotopic (exact) mass is 206 g/mol. The number of hydrogen-bond acceptors (Lipinski definition) is 0. The number of hydrogen-bond donors (Lipinski definition) is 0. The maximum atomic E-state index is 4.07. The van der Waals surface area contributed by atoms with Crippen LogP contribution in [0.2, 0.25) is 0 Å². The maximum absolute atomic E-state index is 4.07. The quantitative estimate of drug-likeness (QED) is 0.406. The van der Waals surface area contributed by atoms with Crippen molar-refractivity contribution in [1.29, 1.82) is 0 Å². The molecule has 0 aromatic rings. The summed E-state index contributed by atoms with van der Waals surface area (Å²) < 4.78 is 0. The van der Waals surface area contributed by atoms with Crippen molar-refractivity contribution in [2.45, 2.75) is 40.5 Å². The Bertz CT molecular complexity index is 222. The van der Waals surface area contributed by atoms with Crippen LogP contribution in [0.25, 0.3) is 0 Å². The Labute approximate surface area is 95.8 Å². The topological polar surface area (TPSA) is 0 Å². The van der Waals surface area contributed by atoms with Gasteiger partial charge in [-0.15, -0.1) is 0 Å². The number of rotatable bonds is 7. The molecule has 0 aliphatic carbocycles. The molecule has 3 atom stereocenters. The van der Waals surface area contributed by atoms with Crippen LogP contribution in [0.5, 0.6) is 0 Å². The Kier molecular flexibility index (Phi) is 7.11. The van der Waals surface area contributed by atoms with Gasteiger partial charge in [0.2, 0.25) is 0 Å². The van der Waals surface area contributed by atoms with E-state index in [9.17, 15) is 0 Å². The molecule has 0 aromatic carbocycles. The third kappa shape index (κ3) is 5.01. The molecule has 0 heterocycles. The van der Waals surface area contributed by atoms with Gasteiger partial charge in [0.25, 0.3) is 0 Å². The smallest absolute Gasteiger partial charge is 0.0206 e. The zero-order valence-corrected chi connectivity index (χ0v) is 10.8. The fourth-order valence-electron chi connectivity index (χ4n) is 2.18. The first-order valence-corrected chi connectivity index (χ1v) is 5.97. The highest BCUT2D eigenvalue weighted by atomic mass is 14.3. The third-order valence-electron chi connectivity index (χ3n) is 3.40. The van der Waals surface area contributed by atoms with Crippen molar-refractivity contribution in [1.82, 2.24) is 0 Å². The lowest BCUT2D eigenvalue weighted by molar-refractivity contribution is 0.276. The standard InChI is InChI=1S/C15H26/c1-7-9-10-11-13(5)15(8-2)14(6)12(3)4/h7,9-10,13-15H,1,3,8,11H2,2,4-6H3/b10-9+/t13?,14?,15-/m1/s1. The van der Waals surface area contributed by atoms with Gasteiger partial charge in [0.05, 0.1) is 0 Å². The predicted molar refractivity (Wildman–Crippen MR) is 70.9 cm³/mol. The van der Waals surface area contributed by atoms with Crippen molar-refractivity contribution in [3.63, 3.8) is 0 Å². The molecule has 0 saturated carbocycles. The van der Waals surface area contributed by atoms with Crippen molar-refractivity contribution < 1.29 is 0 Å². The molecule has 0 saturated heterocycles. The van der Waals surface area contributed by atoms with Gasteiger partial charge < -0.3 is 0 Å². The van der Waals surface area contributed by atoms with Gasteiger partial charge in [-0.3, -0.25) is 0 Å². The minimum Gasteiger partial charge on any atom is -0.0999 e. The van der Waals surface area contributed by atoms with E-state index in [-0.39, 0.29) is 0 Å². The van der Waals surface area contributed by atoms with Crippen LogP contribution < -0.4 is 0 Å². The Hall–Kier alpha value is -0.780. The highest BCUT2D eigenvalue weighted by Crippen LogP contribution is 2.30. The molecule has 0 amide bonds. The summed E-state index contributed by atoms with van der Waals surface area (Å²) in [4.78, 5) is 0. The highest BCUT2D eigenvalue weighted by molar-refractivity contribution is 5.01. The Balaban J connectivity index is 4.32. The van der Waals surface area contributed by atoms with Crippen molar-refractivity contribution in [3.8, 4) is 0 Å². The molecule has 0 aromatic heterocycles. The summed E-state index contributed by atoms with van der Waals surface area (Å²) in [7, 11) is 0. The van der Waals surface area contributed by atoms with E-state index in [4.69, 9.17) is 0 Å². The van der Waals surface area contributed by atoms with Gasteiger partial charge in [-0.25, -0.2) is 0 Å². The van der Waals surface area contributed by atoms with E-state index < -0.39 is 0 Å². The lowest BCUT2D eigenvalue weighted by atomic mass is 9.77. The Morgan fingerprint density at radius 1 is 1.33 bits per heavy atom. The first kappa shape index (κ1) is 14.2. The van der Waals surface area contributed by atoms with Crippen molar-refractivity contribution in [2.24, 2.45) is 17.8 Å². The lowest BCUT2D eigenvalue weighted by Gasteiger charge is -2.28. The first-order chi connectivity index (χ1) is 7.04. The van der Waals surface area contributed by atoms with Crippen molar-refractivity contribution in [3.05, 3.63) is 37.0 Å². The third-order valence-corrected chi connectivity index (χ3v) is 3.40. The second-order valence-electron chi connectivity index (χ2n) is 4.58. The zero-order chi connectivity index (χ0) is 11.8. The summed E-state index contributed by atoms with van der Waals surface area (Å²) in [5.74, 6) is 2.09. The van der Waals surface area contributed by atoms with E-state index in [1.54, 1.807) is 0 Å². The second-order valence-corrected chi connectivity index (χ2v) is 4.58. The SMILES string of the molecule is C=C/C=C/CC(C)[C@@H](CC)C(C)C(=C)C. The maximum Gasteiger partial charge on any atom is -0.0206 e. The van der Waals surface area contributed by atoms with E-state index >= 15 is 0 Å². The molecule has 0 N–H and O–H groups in total. The van der Waals surface area contributed by atoms with Crippen LogP contribution in [0.4, 0.5) is 0 Å². The largest absolute Gasteiger partial charge is 0.0999 e. The van der Waals surface area contributed by atoms with Crippen LogP contribution >= 0.6 is 0 Å². The number of allylic oxidation sites excluding steroid dienone is 4. The van der Waals surface area contributed by atoms with E-state index in [2.05, 4.69) is 46.9 Å². The molecular weight excluding hydrogens is 180 g/mol. The molecule has 0 bridgehead atoms. The van der Waals surface area contributed by atoms with Crippen LogP contribution in [-0.2, 0) is 0 Å². The van der Waals surface area contributed by atoms with E-state index in [1.807, 2.05) is 12.2 Å². The Morgan fingerprint density at radius 2 is 1.93 bits per heavy atom. The van der Waals surface area contributed by atoms with E-state index in [0.717, 1.165) is 18.3 Å². The minimum absolute atomic E-state index is 0.627. The Morgan fingerprint density at radius 3 is 2.33 bits per heavy atom. The average molecular weight is 206 g/mol. The van der Waals surface area contributed by atoms with Gasteiger partial charge in [0.15, 0.2) is 0 Å².